The highest BCUT2D eigenvalue weighted by atomic mass is 35.5. The number of hydrogen-bond donors (Lipinski definition) is 1. The van der Waals surface area contributed by atoms with Gasteiger partial charge in [-0.2, -0.15) is 0 Å². The number of pyridine rings is 1. The lowest BCUT2D eigenvalue weighted by Gasteiger charge is -2.02. The zero-order valence-corrected chi connectivity index (χ0v) is 8.11. The van der Waals surface area contributed by atoms with E-state index < -0.39 is 39.4 Å². The van der Waals surface area contributed by atoms with Crippen molar-refractivity contribution in [3.8, 4) is 0 Å². The maximum Gasteiger partial charge on any atom is 0.364 e. The van der Waals surface area contributed by atoms with E-state index in [0.717, 1.165) is 0 Å². The average molecular weight is 253 g/mol. The van der Waals surface area contributed by atoms with Crippen molar-refractivity contribution in [2.24, 2.45) is 0 Å². The highest BCUT2D eigenvalue weighted by Gasteiger charge is 2.28. The van der Waals surface area contributed by atoms with Crippen molar-refractivity contribution in [2.45, 2.75) is 6.43 Å². The lowest BCUT2D eigenvalue weighted by molar-refractivity contribution is -0.389. The molecule has 0 saturated heterocycles. The molecule has 1 heterocycles. The second-order valence-corrected chi connectivity index (χ2v) is 2.97. The SMILES string of the molecule is O=C(O)c1cc([N+](=O)[O-])nc(C(F)F)c1Cl. The summed E-state index contributed by atoms with van der Waals surface area (Å²) < 4.78 is 24.7. The Balaban J connectivity index is 3.51. The van der Waals surface area contributed by atoms with E-state index in [2.05, 4.69) is 4.98 Å². The molecule has 0 aliphatic carbocycles. The Labute approximate surface area is 91.6 Å². The highest BCUT2D eigenvalue weighted by molar-refractivity contribution is 6.34. The molecular weight excluding hydrogens is 250 g/mol. The molecular formula is C7H3ClF2N2O4. The third kappa shape index (κ3) is 2.22. The van der Waals surface area contributed by atoms with Crippen molar-refractivity contribution in [1.82, 2.24) is 4.98 Å². The van der Waals surface area contributed by atoms with Gasteiger partial charge in [-0.3, -0.25) is 0 Å². The quantitative estimate of drug-likeness (QED) is 0.658. The van der Waals surface area contributed by atoms with Gasteiger partial charge in [0.2, 0.25) is 5.69 Å². The van der Waals surface area contributed by atoms with Crippen LogP contribution in [0.25, 0.3) is 0 Å². The van der Waals surface area contributed by atoms with Gasteiger partial charge in [0.1, 0.15) is 5.02 Å². The van der Waals surface area contributed by atoms with Crippen LogP contribution in [-0.4, -0.2) is 21.0 Å². The van der Waals surface area contributed by atoms with Crippen LogP contribution in [-0.2, 0) is 0 Å². The number of aromatic carboxylic acids is 1. The Hall–Kier alpha value is -1.83. The summed E-state index contributed by atoms with van der Waals surface area (Å²) in [5.74, 6) is -2.63. The fraction of sp³-hybridized carbons (Fsp3) is 0.143. The van der Waals surface area contributed by atoms with Gasteiger partial charge in [-0.25, -0.2) is 13.6 Å². The standard InChI is InChI=1S/C7H3ClF2N2O4/c8-4-2(7(13)14)1-3(12(15)16)11-5(4)6(9)10/h1,6H,(H,13,14). The monoisotopic (exact) mass is 252 g/mol. The van der Waals surface area contributed by atoms with Gasteiger partial charge < -0.3 is 15.2 Å². The van der Waals surface area contributed by atoms with E-state index in [1.165, 1.54) is 0 Å². The second kappa shape index (κ2) is 4.35. The fourth-order valence-electron chi connectivity index (χ4n) is 0.929. The maximum absolute atomic E-state index is 12.4. The van der Waals surface area contributed by atoms with Crippen molar-refractivity contribution < 1.29 is 23.6 Å². The van der Waals surface area contributed by atoms with Crippen LogP contribution in [0.1, 0.15) is 22.5 Å². The molecule has 6 nitrogen and oxygen atoms in total. The number of hydrogen-bond acceptors (Lipinski definition) is 4. The van der Waals surface area contributed by atoms with E-state index in [0.29, 0.717) is 6.07 Å². The minimum absolute atomic E-state index is 0.524. The van der Waals surface area contributed by atoms with Gasteiger partial charge in [0.15, 0.2) is 0 Å². The van der Waals surface area contributed by atoms with Crippen LogP contribution in [0.4, 0.5) is 14.6 Å². The number of nitrogens with zero attached hydrogens (tertiary/aromatic N) is 2. The molecule has 0 aliphatic rings. The first-order valence-electron chi connectivity index (χ1n) is 3.71. The van der Waals surface area contributed by atoms with Gasteiger partial charge in [0.05, 0.1) is 11.6 Å². The van der Waals surface area contributed by atoms with Gasteiger partial charge >= 0.3 is 18.2 Å². The van der Waals surface area contributed by atoms with E-state index in [1.807, 2.05) is 0 Å². The van der Waals surface area contributed by atoms with Crippen LogP contribution in [0.5, 0.6) is 0 Å². The maximum atomic E-state index is 12.4. The summed E-state index contributed by atoms with van der Waals surface area (Å²) in [6, 6.07) is 0.524. The molecule has 86 valence electrons. The first-order chi connectivity index (χ1) is 7.34. The van der Waals surface area contributed by atoms with E-state index in [1.54, 1.807) is 0 Å². The molecule has 0 fully saturated rings. The average Bonchev–Trinajstić information content (AvgIpc) is 2.16. The van der Waals surface area contributed by atoms with Crippen molar-refractivity contribution in [1.29, 1.82) is 0 Å². The summed E-state index contributed by atoms with van der Waals surface area (Å²) in [6.07, 6.45) is -3.19. The molecule has 16 heavy (non-hydrogen) atoms. The molecule has 0 radical (unpaired) electrons. The second-order valence-electron chi connectivity index (χ2n) is 2.59. The number of rotatable bonds is 3. The van der Waals surface area contributed by atoms with Crippen molar-refractivity contribution in [2.75, 3.05) is 0 Å². The minimum atomic E-state index is -3.19. The summed E-state index contributed by atoms with van der Waals surface area (Å²) in [7, 11) is 0. The van der Waals surface area contributed by atoms with Crippen molar-refractivity contribution in [3.63, 3.8) is 0 Å². The Kier molecular flexibility index (Phi) is 3.33. The Morgan fingerprint density at radius 1 is 1.62 bits per heavy atom. The third-order valence-corrected chi connectivity index (χ3v) is 1.99. The van der Waals surface area contributed by atoms with Gasteiger partial charge in [-0.05, 0) is 9.91 Å². The molecule has 0 unspecified atom stereocenters. The number of carboxylic acids is 1. The van der Waals surface area contributed by atoms with E-state index in [9.17, 15) is 23.7 Å². The van der Waals surface area contributed by atoms with Gasteiger partial charge in [-0.15, -0.1) is 0 Å². The normalized spacial score (nSPS) is 10.5. The zero-order valence-electron chi connectivity index (χ0n) is 7.35. The Morgan fingerprint density at radius 2 is 2.19 bits per heavy atom. The van der Waals surface area contributed by atoms with Gasteiger partial charge in [0, 0.05) is 0 Å². The van der Waals surface area contributed by atoms with Crippen LogP contribution < -0.4 is 0 Å². The molecule has 1 aromatic rings. The van der Waals surface area contributed by atoms with Crippen molar-refractivity contribution >= 4 is 23.4 Å². The third-order valence-electron chi connectivity index (χ3n) is 1.59. The molecule has 0 amide bonds. The predicted octanol–water partition coefficient (Wildman–Crippen LogP) is 2.28. The number of carboxylic acid groups (broad SMARTS) is 1. The molecule has 0 saturated carbocycles. The van der Waals surface area contributed by atoms with Crippen LogP contribution in [0.15, 0.2) is 6.07 Å². The number of nitro groups is 1. The largest absolute Gasteiger partial charge is 0.478 e. The molecule has 1 aromatic heterocycles. The van der Waals surface area contributed by atoms with Crippen LogP contribution in [0.3, 0.4) is 0 Å². The molecule has 0 aliphatic heterocycles. The van der Waals surface area contributed by atoms with Crippen LogP contribution in [0, 0.1) is 10.1 Å². The Bertz CT molecular complexity index is 466. The summed E-state index contributed by atoms with van der Waals surface area (Å²) in [6.45, 7) is 0. The summed E-state index contributed by atoms with van der Waals surface area (Å²) >= 11 is 5.33. The number of alkyl halides is 2. The fourth-order valence-corrected chi connectivity index (χ4v) is 1.19. The Morgan fingerprint density at radius 3 is 2.56 bits per heavy atom. The molecule has 0 spiro atoms. The molecule has 9 heteroatoms. The summed E-state index contributed by atoms with van der Waals surface area (Å²) in [4.78, 5) is 22.8. The van der Waals surface area contributed by atoms with Gasteiger partial charge in [-0.1, -0.05) is 11.6 Å². The molecule has 1 rings (SSSR count). The predicted molar refractivity (Wildman–Crippen MR) is 47.8 cm³/mol. The first kappa shape index (κ1) is 12.2. The summed E-state index contributed by atoms with van der Waals surface area (Å²) in [5.41, 5.74) is -1.90. The van der Waals surface area contributed by atoms with Crippen LogP contribution in [0.2, 0.25) is 5.02 Å². The van der Waals surface area contributed by atoms with Crippen LogP contribution >= 0.6 is 11.6 Å². The van der Waals surface area contributed by atoms with Crippen molar-refractivity contribution in [3.05, 3.63) is 32.5 Å². The summed E-state index contributed by atoms with van der Waals surface area (Å²) in [5, 5.41) is 18.1. The number of carbonyl (C=O) groups is 1. The van der Waals surface area contributed by atoms with Gasteiger partial charge in [0.25, 0.3) is 0 Å². The molecule has 1 N–H and O–H groups in total. The zero-order chi connectivity index (χ0) is 12.5. The highest BCUT2D eigenvalue weighted by Crippen LogP contribution is 2.30. The topological polar surface area (TPSA) is 93.3 Å². The smallest absolute Gasteiger partial charge is 0.364 e. The molecule has 0 bridgehead atoms. The lowest BCUT2D eigenvalue weighted by atomic mass is 10.2. The molecule has 0 atom stereocenters. The number of halogens is 3. The lowest BCUT2D eigenvalue weighted by Crippen LogP contribution is -2.06. The minimum Gasteiger partial charge on any atom is -0.478 e. The van der Waals surface area contributed by atoms with E-state index >= 15 is 0 Å². The van der Waals surface area contributed by atoms with E-state index in [-0.39, 0.29) is 0 Å². The molecule has 0 aromatic carbocycles. The first-order valence-corrected chi connectivity index (χ1v) is 4.08. The van der Waals surface area contributed by atoms with E-state index in [4.69, 9.17) is 16.7 Å². The number of aromatic nitrogens is 1.